The fourth-order valence-corrected chi connectivity index (χ4v) is 5.67. The van der Waals surface area contributed by atoms with E-state index >= 15 is 0 Å². The highest BCUT2D eigenvalue weighted by Gasteiger charge is 2.38. The molecule has 0 aromatic heterocycles. The number of fused-ring (bicyclic) bond motifs is 1. The molecule has 0 saturated carbocycles. The van der Waals surface area contributed by atoms with Crippen LogP contribution in [0.25, 0.3) is 11.1 Å². The van der Waals surface area contributed by atoms with Crippen molar-refractivity contribution in [1.82, 2.24) is 0 Å². The van der Waals surface area contributed by atoms with Crippen molar-refractivity contribution in [3.63, 3.8) is 0 Å². The summed E-state index contributed by atoms with van der Waals surface area (Å²) in [6.07, 6.45) is 0. The minimum atomic E-state index is -0.777. The van der Waals surface area contributed by atoms with Crippen molar-refractivity contribution in [3.05, 3.63) is 101 Å². The van der Waals surface area contributed by atoms with Crippen molar-refractivity contribution >= 4 is 40.2 Å². The Kier molecular flexibility index (Phi) is 7.93. The largest absolute Gasteiger partial charge is 0.496 e. The van der Waals surface area contributed by atoms with Crippen molar-refractivity contribution in [1.29, 1.82) is 0 Å². The number of rotatable bonds is 7. The Morgan fingerprint density at radius 1 is 0.976 bits per heavy atom. The van der Waals surface area contributed by atoms with Crippen molar-refractivity contribution in [2.45, 2.75) is 39.8 Å². The van der Waals surface area contributed by atoms with Crippen LogP contribution < -0.4 is 25.0 Å². The highest BCUT2D eigenvalue weighted by Crippen LogP contribution is 2.45. The number of carbonyl (C=O) groups is 1. The summed E-state index contributed by atoms with van der Waals surface area (Å²) in [7, 11) is 3.38. The summed E-state index contributed by atoms with van der Waals surface area (Å²) in [5.74, 6) is 0.600. The maximum atomic E-state index is 14.1. The number of anilines is 3. The van der Waals surface area contributed by atoms with Crippen LogP contribution in [0, 0.1) is 19.7 Å². The molecular formula is C34H34FN3O3S. The zero-order valence-electron chi connectivity index (χ0n) is 24.6. The van der Waals surface area contributed by atoms with Gasteiger partial charge in [-0.1, -0.05) is 48.6 Å². The van der Waals surface area contributed by atoms with Crippen molar-refractivity contribution in [3.8, 4) is 22.6 Å². The summed E-state index contributed by atoms with van der Waals surface area (Å²) in [4.78, 5) is 15.6. The Morgan fingerprint density at radius 3 is 2.45 bits per heavy atom. The molecule has 0 radical (unpaired) electrons. The highest BCUT2D eigenvalue weighted by atomic mass is 32.1. The van der Waals surface area contributed by atoms with Crippen LogP contribution in [0.1, 0.15) is 36.1 Å². The molecule has 4 aromatic rings. The number of nitrogens with zero attached hydrogens (tertiary/aromatic N) is 1. The van der Waals surface area contributed by atoms with E-state index < -0.39 is 5.54 Å². The van der Waals surface area contributed by atoms with E-state index in [4.69, 9.17) is 21.7 Å². The number of aryl methyl sites for hydroxylation is 2. The van der Waals surface area contributed by atoms with Gasteiger partial charge in [-0.05, 0) is 68.7 Å². The number of carbonyl (C=O) groups excluding carboxylic acids is 1. The van der Waals surface area contributed by atoms with E-state index in [-0.39, 0.29) is 18.3 Å². The predicted octanol–water partition coefficient (Wildman–Crippen LogP) is 7.65. The van der Waals surface area contributed by atoms with Gasteiger partial charge in [0.05, 0.1) is 18.5 Å². The third-order valence-electron chi connectivity index (χ3n) is 7.57. The van der Waals surface area contributed by atoms with E-state index in [1.54, 1.807) is 25.1 Å². The first-order chi connectivity index (χ1) is 20.0. The second kappa shape index (κ2) is 11.4. The molecule has 1 aliphatic rings. The van der Waals surface area contributed by atoms with Gasteiger partial charge in [0.2, 0.25) is 0 Å². The third-order valence-corrected chi connectivity index (χ3v) is 7.89. The monoisotopic (exact) mass is 583 g/mol. The number of hydrogen-bond acceptors (Lipinski definition) is 5. The average molecular weight is 584 g/mol. The maximum Gasteiger partial charge on any atom is 0.251 e. The Bertz CT molecular complexity index is 1700. The van der Waals surface area contributed by atoms with Gasteiger partial charge in [0.15, 0.2) is 0 Å². The number of hydrogen-bond donors (Lipinski definition) is 2. The molecule has 2 N–H and O–H groups in total. The van der Waals surface area contributed by atoms with Crippen LogP contribution in [-0.4, -0.2) is 30.6 Å². The minimum absolute atomic E-state index is 0.0773. The molecule has 0 aliphatic carbocycles. The van der Waals surface area contributed by atoms with E-state index in [1.807, 2.05) is 82.3 Å². The Morgan fingerprint density at radius 2 is 1.71 bits per heavy atom. The van der Waals surface area contributed by atoms with Gasteiger partial charge < -0.3 is 25.0 Å². The average Bonchev–Trinajstić information content (AvgIpc) is 2.96. The van der Waals surface area contributed by atoms with Crippen LogP contribution in [0.4, 0.5) is 21.5 Å². The van der Waals surface area contributed by atoms with Crippen LogP contribution in [0.15, 0.2) is 72.8 Å². The van der Waals surface area contributed by atoms with Gasteiger partial charge in [-0.15, -0.1) is 0 Å². The first-order valence-corrected chi connectivity index (χ1v) is 14.1. The SMILES string of the molecule is COc1cc(NC(=S)c2ccccc2C)ccc1-c1ccc2c(c1COc1cc(F)ccc1C)N(C)C(=O)C(C)(C)N2. The summed E-state index contributed by atoms with van der Waals surface area (Å²) < 4.78 is 26.1. The first kappa shape index (κ1) is 29.1. The molecule has 216 valence electrons. The lowest BCUT2D eigenvalue weighted by Gasteiger charge is -2.39. The molecule has 0 unspecified atom stereocenters. The van der Waals surface area contributed by atoms with E-state index in [0.717, 1.165) is 44.8 Å². The lowest BCUT2D eigenvalue weighted by molar-refractivity contribution is -0.121. The van der Waals surface area contributed by atoms with Gasteiger partial charge in [0.25, 0.3) is 5.91 Å². The van der Waals surface area contributed by atoms with E-state index in [0.29, 0.717) is 22.2 Å². The molecule has 1 aliphatic heterocycles. The van der Waals surface area contributed by atoms with Gasteiger partial charge in [-0.2, -0.15) is 0 Å². The number of benzene rings is 4. The lowest BCUT2D eigenvalue weighted by Crippen LogP contribution is -2.52. The second-order valence-corrected chi connectivity index (χ2v) is 11.4. The zero-order chi connectivity index (χ0) is 30.2. The van der Waals surface area contributed by atoms with Gasteiger partial charge in [0.1, 0.15) is 34.5 Å². The quantitative estimate of drug-likeness (QED) is 0.218. The van der Waals surface area contributed by atoms with E-state index in [2.05, 4.69) is 10.6 Å². The van der Waals surface area contributed by atoms with E-state index in [1.165, 1.54) is 12.1 Å². The van der Waals surface area contributed by atoms with Crippen LogP contribution >= 0.6 is 12.2 Å². The molecule has 6 nitrogen and oxygen atoms in total. The van der Waals surface area contributed by atoms with Gasteiger partial charge in [-0.3, -0.25) is 4.79 Å². The number of methoxy groups -OCH3 is 1. The van der Waals surface area contributed by atoms with Crippen LogP contribution in [0.5, 0.6) is 11.5 Å². The minimum Gasteiger partial charge on any atom is -0.496 e. The predicted molar refractivity (Wildman–Crippen MR) is 172 cm³/mol. The van der Waals surface area contributed by atoms with Crippen molar-refractivity contribution < 1.29 is 18.7 Å². The van der Waals surface area contributed by atoms with Gasteiger partial charge in [-0.25, -0.2) is 4.39 Å². The molecule has 1 heterocycles. The molecule has 4 aromatic carbocycles. The fraction of sp³-hybridized carbons (Fsp3) is 0.235. The highest BCUT2D eigenvalue weighted by molar-refractivity contribution is 7.81. The van der Waals surface area contributed by atoms with Crippen molar-refractivity contribution in [2.24, 2.45) is 0 Å². The molecular weight excluding hydrogens is 549 g/mol. The van der Waals surface area contributed by atoms with E-state index in [9.17, 15) is 9.18 Å². The molecule has 0 atom stereocenters. The molecule has 5 rings (SSSR count). The summed E-state index contributed by atoms with van der Waals surface area (Å²) >= 11 is 5.69. The number of thiocarbonyl (C=S) groups is 1. The standard InChI is InChI=1S/C34H34FN3O3S/c1-20-9-7-8-10-24(20)32(42)36-23-13-14-26(30(18-23)40-6)25-15-16-28-31(38(5)33(39)34(3,4)37-28)27(25)19-41-29-17-22(35)12-11-21(29)2/h7-18,37H,19H2,1-6H3,(H,36,42). The first-order valence-electron chi connectivity index (χ1n) is 13.7. The molecule has 0 bridgehead atoms. The molecule has 0 saturated heterocycles. The smallest absolute Gasteiger partial charge is 0.251 e. The van der Waals surface area contributed by atoms with Crippen LogP contribution in [0.2, 0.25) is 0 Å². The number of nitrogens with one attached hydrogen (secondary N) is 2. The third kappa shape index (κ3) is 5.54. The normalized spacial score (nSPS) is 13.7. The maximum absolute atomic E-state index is 14.1. The zero-order valence-corrected chi connectivity index (χ0v) is 25.4. The molecule has 42 heavy (non-hydrogen) atoms. The second-order valence-electron chi connectivity index (χ2n) is 11.0. The summed E-state index contributed by atoms with van der Waals surface area (Å²) in [6, 6.07) is 22.2. The summed E-state index contributed by atoms with van der Waals surface area (Å²) in [5.41, 5.74) is 6.78. The summed E-state index contributed by atoms with van der Waals surface area (Å²) in [5, 5.41) is 6.70. The fourth-order valence-electron chi connectivity index (χ4n) is 5.33. The number of amides is 1. The molecule has 8 heteroatoms. The number of halogens is 1. The Labute approximate surface area is 251 Å². The molecule has 0 spiro atoms. The van der Waals surface area contributed by atoms with Crippen LogP contribution in [-0.2, 0) is 11.4 Å². The number of ether oxygens (including phenoxy) is 2. The molecule has 0 fully saturated rings. The lowest BCUT2D eigenvalue weighted by atomic mass is 9.91. The molecule has 1 amide bonds. The van der Waals surface area contributed by atoms with Gasteiger partial charge in [0, 0.05) is 41.6 Å². The van der Waals surface area contributed by atoms with Crippen molar-refractivity contribution in [2.75, 3.05) is 29.7 Å². The van der Waals surface area contributed by atoms with Gasteiger partial charge >= 0.3 is 0 Å². The topological polar surface area (TPSA) is 62.8 Å². The van der Waals surface area contributed by atoms with Crippen LogP contribution in [0.3, 0.4) is 0 Å². The number of likely N-dealkylation sites (N-methyl/N-ethyl adjacent to an activating group) is 1. The summed E-state index contributed by atoms with van der Waals surface area (Å²) in [6.45, 7) is 7.70. The Hall–Kier alpha value is -4.43. The Balaban J connectivity index is 1.58.